The molecular weight excluding hydrogens is 292 g/mol. The minimum atomic E-state index is 0.00427. The standard InChI is InChI=1S/C18H26N2O3/c1-2-3-9-17(21)19-15-10-12-20(13-11-15)18(22)14-23-16-7-5-4-6-8-16/h4-8,15H,2-3,9-14H2,1H3,(H,19,21). The van der Waals surface area contributed by atoms with Crippen molar-refractivity contribution >= 4 is 11.8 Å². The van der Waals surface area contributed by atoms with Crippen LogP contribution >= 0.6 is 0 Å². The Balaban J connectivity index is 1.67. The summed E-state index contributed by atoms with van der Waals surface area (Å²) in [6, 6.07) is 9.54. The maximum atomic E-state index is 12.2. The Bertz CT molecular complexity index is 496. The number of nitrogens with zero attached hydrogens (tertiary/aromatic N) is 1. The highest BCUT2D eigenvalue weighted by Crippen LogP contribution is 2.13. The second-order valence-electron chi connectivity index (χ2n) is 5.93. The second kappa shape index (κ2) is 9.18. The van der Waals surface area contributed by atoms with Crippen molar-refractivity contribution < 1.29 is 14.3 Å². The molecule has 0 aliphatic carbocycles. The monoisotopic (exact) mass is 318 g/mol. The number of amides is 2. The van der Waals surface area contributed by atoms with E-state index in [1.165, 1.54) is 0 Å². The van der Waals surface area contributed by atoms with Crippen molar-refractivity contribution in [2.24, 2.45) is 0 Å². The van der Waals surface area contributed by atoms with E-state index < -0.39 is 0 Å². The lowest BCUT2D eigenvalue weighted by Crippen LogP contribution is -2.47. The number of unbranched alkanes of at least 4 members (excludes halogenated alkanes) is 1. The Labute approximate surface area is 138 Å². The maximum absolute atomic E-state index is 12.2. The quantitative estimate of drug-likeness (QED) is 0.839. The highest BCUT2D eigenvalue weighted by Gasteiger charge is 2.23. The highest BCUT2D eigenvalue weighted by atomic mass is 16.5. The summed E-state index contributed by atoms with van der Waals surface area (Å²) < 4.78 is 5.50. The molecule has 5 nitrogen and oxygen atoms in total. The van der Waals surface area contributed by atoms with Gasteiger partial charge in [-0.25, -0.2) is 0 Å². The fraction of sp³-hybridized carbons (Fsp3) is 0.556. The zero-order valence-corrected chi connectivity index (χ0v) is 13.8. The Hall–Kier alpha value is -2.04. The van der Waals surface area contributed by atoms with Crippen LogP contribution in [0.3, 0.4) is 0 Å². The number of piperidine rings is 1. The smallest absolute Gasteiger partial charge is 0.260 e. The lowest BCUT2D eigenvalue weighted by Gasteiger charge is -2.32. The molecule has 1 aliphatic heterocycles. The molecule has 1 heterocycles. The van der Waals surface area contributed by atoms with Crippen molar-refractivity contribution in [3.05, 3.63) is 30.3 Å². The van der Waals surface area contributed by atoms with Gasteiger partial charge in [-0.3, -0.25) is 9.59 Å². The number of hydrogen-bond donors (Lipinski definition) is 1. The van der Waals surface area contributed by atoms with E-state index in [1.54, 1.807) is 0 Å². The van der Waals surface area contributed by atoms with Crippen molar-refractivity contribution in [1.82, 2.24) is 10.2 Å². The third-order valence-electron chi connectivity index (χ3n) is 4.08. The predicted octanol–water partition coefficient (Wildman–Crippen LogP) is 2.36. The number of nitrogens with one attached hydrogen (secondary N) is 1. The maximum Gasteiger partial charge on any atom is 0.260 e. The van der Waals surface area contributed by atoms with E-state index in [2.05, 4.69) is 12.2 Å². The number of likely N-dealkylation sites (tertiary alicyclic amines) is 1. The van der Waals surface area contributed by atoms with Crippen molar-refractivity contribution in [1.29, 1.82) is 0 Å². The summed E-state index contributed by atoms with van der Waals surface area (Å²) in [4.78, 5) is 25.7. The summed E-state index contributed by atoms with van der Waals surface area (Å²) in [5.41, 5.74) is 0. The fourth-order valence-corrected chi connectivity index (χ4v) is 2.66. The molecule has 0 saturated carbocycles. The SMILES string of the molecule is CCCCC(=O)NC1CCN(C(=O)COc2ccccc2)CC1. The minimum Gasteiger partial charge on any atom is -0.484 e. The van der Waals surface area contributed by atoms with Crippen molar-refractivity contribution in [3.8, 4) is 5.75 Å². The van der Waals surface area contributed by atoms with Crippen LogP contribution in [0.15, 0.2) is 30.3 Å². The molecule has 2 rings (SSSR count). The first-order valence-electron chi connectivity index (χ1n) is 8.44. The first-order valence-corrected chi connectivity index (χ1v) is 8.44. The van der Waals surface area contributed by atoms with E-state index in [-0.39, 0.29) is 24.5 Å². The first-order chi connectivity index (χ1) is 11.2. The van der Waals surface area contributed by atoms with E-state index in [0.717, 1.165) is 25.7 Å². The summed E-state index contributed by atoms with van der Waals surface area (Å²) in [7, 11) is 0. The Kier molecular flexibility index (Phi) is 6.91. The van der Waals surface area contributed by atoms with Gasteiger partial charge in [-0.2, -0.15) is 0 Å². The number of benzene rings is 1. The molecule has 1 aliphatic rings. The van der Waals surface area contributed by atoms with Crippen LogP contribution in [0, 0.1) is 0 Å². The van der Waals surface area contributed by atoms with Gasteiger partial charge in [-0.05, 0) is 31.4 Å². The molecule has 0 spiro atoms. The van der Waals surface area contributed by atoms with E-state index >= 15 is 0 Å². The van der Waals surface area contributed by atoms with Gasteiger partial charge in [0, 0.05) is 25.6 Å². The molecule has 126 valence electrons. The zero-order valence-electron chi connectivity index (χ0n) is 13.8. The van der Waals surface area contributed by atoms with Crippen molar-refractivity contribution in [2.75, 3.05) is 19.7 Å². The van der Waals surface area contributed by atoms with Gasteiger partial charge in [0.25, 0.3) is 5.91 Å². The van der Waals surface area contributed by atoms with Crippen molar-refractivity contribution in [3.63, 3.8) is 0 Å². The predicted molar refractivity (Wildman–Crippen MR) is 89.2 cm³/mol. The van der Waals surface area contributed by atoms with Crippen LogP contribution in [-0.2, 0) is 9.59 Å². The molecule has 0 atom stereocenters. The molecular formula is C18H26N2O3. The Morgan fingerprint density at radius 2 is 1.91 bits per heavy atom. The zero-order chi connectivity index (χ0) is 16.5. The average Bonchev–Trinajstić information content (AvgIpc) is 2.59. The third-order valence-corrected chi connectivity index (χ3v) is 4.08. The summed E-state index contributed by atoms with van der Waals surface area (Å²) in [6.45, 7) is 3.50. The van der Waals surface area contributed by atoms with Gasteiger partial charge in [0.2, 0.25) is 5.91 Å². The molecule has 1 saturated heterocycles. The number of rotatable bonds is 7. The number of para-hydroxylation sites is 1. The molecule has 1 aromatic rings. The van der Waals surface area contributed by atoms with E-state index in [1.807, 2.05) is 35.2 Å². The normalized spacial score (nSPS) is 15.3. The average molecular weight is 318 g/mol. The van der Waals surface area contributed by atoms with Crippen molar-refractivity contribution in [2.45, 2.75) is 45.1 Å². The van der Waals surface area contributed by atoms with Gasteiger partial charge in [0.05, 0.1) is 0 Å². The first kappa shape index (κ1) is 17.3. The van der Waals surface area contributed by atoms with Crippen LogP contribution in [-0.4, -0.2) is 42.5 Å². The van der Waals surface area contributed by atoms with Gasteiger partial charge in [-0.15, -0.1) is 0 Å². The number of ether oxygens (including phenoxy) is 1. The van der Waals surface area contributed by atoms with Gasteiger partial charge < -0.3 is 15.0 Å². The number of hydrogen-bond acceptors (Lipinski definition) is 3. The molecule has 2 amide bonds. The van der Waals surface area contributed by atoms with Crippen LogP contribution in [0.25, 0.3) is 0 Å². The highest BCUT2D eigenvalue weighted by molar-refractivity contribution is 5.78. The molecule has 0 aromatic heterocycles. The van der Waals surface area contributed by atoms with Crippen LogP contribution < -0.4 is 10.1 Å². The summed E-state index contributed by atoms with van der Waals surface area (Å²) >= 11 is 0. The number of carbonyl (C=O) groups excluding carboxylic acids is 2. The fourth-order valence-electron chi connectivity index (χ4n) is 2.66. The molecule has 1 aromatic carbocycles. The number of carbonyl (C=O) groups is 2. The van der Waals surface area contributed by atoms with Crippen LogP contribution in [0.5, 0.6) is 5.75 Å². The van der Waals surface area contributed by atoms with Gasteiger partial charge in [0.15, 0.2) is 6.61 Å². The summed E-state index contributed by atoms with van der Waals surface area (Å²) in [5, 5.41) is 3.06. The van der Waals surface area contributed by atoms with E-state index in [9.17, 15) is 9.59 Å². The molecule has 0 radical (unpaired) electrons. The molecule has 1 N–H and O–H groups in total. The lowest BCUT2D eigenvalue weighted by atomic mass is 10.0. The topological polar surface area (TPSA) is 58.6 Å². The Morgan fingerprint density at radius 1 is 1.22 bits per heavy atom. The molecule has 23 heavy (non-hydrogen) atoms. The lowest BCUT2D eigenvalue weighted by molar-refractivity contribution is -0.134. The van der Waals surface area contributed by atoms with E-state index in [4.69, 9.17) is 4.74 Å². The van der Waals surface area contributed by atoms with Crippen LogP contribution in [0.2, 0.25) is 0 Å². The second-order valence-corrected chi connectivity index (χ2v) is 5.93. The molecule has 1 fully saturated rings. The largest absolute Gasteiger partial charge is 0.484 e. The van der Waals surface area contributed by atoms with Crippen LogP contribution in [0.4, 0.5) is 0 Å². The summed E-state index contributed by atoms with van der Waals surface area (Å²) in [5.74, 6) is 0.840. The van der Waals surface area contributed by atoms with Gasteiger partial charge in [0.1, 0.15) is 5.75 Å². The molecule has 0 unspecified atom stereocenters. The van der Waals surface area contributed by atoms with E-state index in [0.29, 0.717) is 25.3 Å². The molecule has 0 bridgehead atoms. The van der Waals surface area contributed by atoms with Gasteiger partial charge in [-0.1, -0.05) is 31.5 Å². The molecule has 5 heteroatoms. The third kappa shape index (κ3) is 5.93. The Morgan fingerprint density at radius 3 is 2.57 bits per heavy atom. The summed E-state index contributed by atoms with van der Waals surface area (Å²) in [6.07, 6.45) is 4.19. The van der Waals surface area contributed by atoms with Crippen LogP contribution in [0.1, 0.15) is 39.0 Å². The minimum absolute atomic E-state index is 0.00427. The van der Waals surface area contributed by atoms with Gasteiger partial charge >= 0.3 is 0 Å².